The third-order valence-corrected chi connectivity index (χ3v) is 2.07. The number of carboxylic acid groups (broad SMARTS) is 1. The van der Waals surface area contributed by atoms with Crippen LogP contribution in [0.3, 0.4) is 0 Å². The van der Waals surface area contributed by atoms with Crippen molar-refractivity contribution in [3.05, 3.63) is 0 Å². The first-order valence-corrected chi connectivity index (χ1v) is 4.58. The lowest BCUT2D eigenvalue weighted by Crippen LogP contribution is -2.45. The third kappa shape index (κ3) is 4.69. The molecule has 0 radical (unpaired) electrons. The number of likely N-dealkylation sites (N-methyl/N-ethyl adjacent to an activating group) is 1. The molecule has 5 heteroatoms. The first-order chi connectivity index (χ1) is 6.34. The van der Waals surface area contributed by atoms with Gasteiger partial charge in [-0.3, -0.25) is 4.79 Å². The van der Waals surface area contributed by atoms with Crippen LogP contribution in [-0.4, -0.2) is 41.6 Å². The van der Waals surface area contributed by atoms with E-state index in [2.05, 4.69) is 5.32 Å². The van der Waals surface area contributed by atoms with Crippen molar-refractivity contribution in [2.45, 2.75) is 26.8 Å². The topological polar surface area (TPSA) is 69.6 Å². The highest BCUT2D eigenvalue weighted by atomic mass is 16.4. The van der Waals surface area contributed by atoms with E-state index in [1.54, 1.807) is 0 Å². The second-order valence-electron chi connectivity index (χ2n) is 3.73. The van der Waals surface area contributed by atoms with Crippen molar-refractivity contribution in [3.63, 3.8) is 0 Å². The molecule has 0 aliphatic heterocycles. The van der Waals surface area contributed by atoms with Gasteiger partial charge in [-0.25, -0.2) is 4.79 Å². The number of urea groups is 1. The minimum atomic E-state index is -1.01. The highest BCUT2D eigenvalue weighted by Crippen LogP contribution is 2.00. The van der Waals surface area contributed by atoms with Gasteiger partial charge in [0.2, 0.25) is 0 Å². The molecule has 2 amide bonds. The van der Waals surface area contributed by atoms with Gasteiger partial charge in [-0.05, 0) is 12.8 Å². The zero-order chi connectivity index (χ0) is 11.3. The number of carbonyl (C=O) groups excluding carboxylic acids is 1. The smallest absolute Gasteiger partial charge is 0.323 e. The van der Waals surface area contributed by atoms with Gasteiger partial charge in [-0.15, -0.1) is 0 Å². The Balaban J connectivity index is 4.01. The largest absolute Gasteiger partial charge is 0.480 e. The van der Waals surface area contributed by atoms with E-state index in [9.17, 15) is 9.59 Å². The van der Waals surface area contributed by atoms with Crippen LogP contribution in [-0.2, 0) is 4.79 Å². The van der Waals surface area contributed by atoms with E-state index in [0.29, 0.717) is 5.92 Å². The van der Waals surface area contributed by atoms with Gasteiger partial charge in [-0.1, -0.05) is 13.8 Å². The summed E-state index contributed by atoms with van der Waals surface area (Å²) < 4.78 is 0. The molecule has 0 bridgehead atoms. The summed E-state index contributed by atoms with van der Waals surface area (Å²) in [5.74, 6) is -0.683. The van der Waals surface area contributed by atoms with Crippen molar-refractivity contribution >= 4 is 12.0 Å². The Hall–Kier alpha value is -1.26. The van der Waals surface area contributed by atoms with Crippen LogP contribution in [0.2, 0.25) is 0 Å². The Labute approximate surface area is 84.1 Å². The average Bonchev–Trinajstić information content (AvgIpc) is 2.02. The molecular formula is C9H18N2O3. The number of amides is 2. The average molecular weight is 202 g/mol. The molecule has 82 valence electrons. The van der Waals surface area contributed by atoms with Crippen LogP contribution in [0.25, 0.3) is 0 Å². The molecule has 0 aliphatic carbocycles. The molecule has 0 fully saturated rings. The SMILES string of the molecule is CC(C)C(C)NC(=O)N(C)CC(=O)O. The standard InChI is InChI=1S/C9H18N2O3/c1-6(2)7(3)10-9(14)11(4)5-8(12)13/h6-7H,5H2,1-4H3,(H,10,14)(H,12,13). The molecule has 0 aromatic heterocycles. The predicted octanol–water partition coefficient (Wildman–Crippen LogP) is 0.757. The van der Waals surface area contributed by atoms with Crippen LogP contribution in [0, 0.1) is 5.92 Å². The number of aliphatic carboxylic acids is 1. The lowest BCUT2D eigenvalue weighted by Gasteiger charge is -2.22. The molecule has 0 rings (SSSR count). The molecule has 1 atom stereocenters. The molecule has 0 heterocycles. The summed E-state index contributed by atoms with van der Waals surface area (Å²) in [6, 6.07) is -0.313. The minimum absolute atomic E-state index is 0.0405. The van der Waals surface area contributed by atoms with Gasteiger partial charge in [-0.2, -0.15) is 0 Å². The Bertz CT molecular complexity index is 216. The van der Waals surface area contributed by atoms with Crippen LogP contribution < -0.4 is 5.32 Å². The first kappa shape index (κ1) is 12.7. The summed E-state index contributed by atoms with van der Waals surface area (Å²) >= 11 is 0. The van der Waals surface area contributed by atoms with Crippen molar-refractivity contribution in [1.82, 2.24) is 10.2 Å². The third-order valence-electron chi connectivity index (χ3n) is 2.07. The zero-order valence-corrected chi connectivity index (χ0v) is 9.07. The maximum atomic E-state index is 11.3. The lowest BCUT2D eigenvalue weighted by atomic mass is 10.1. The Morgan fingerprint density at radius 3 is 2.21 bits per heavy atom. The monoisotopic (exact) mass is 202 g/mol. The van der Waals surface area contributed by atoms with Gasteiger partial charge in [0.15, 0.2) is 0 Å². The van der Waals surface area contributed by atoms with Crippen LogP contribution >= 0.6 is 0 Å². The van der Waals surface area contributed by atoms with Crippen molar-refractivity contribution < 1.29 is 14.7 Å². The molecule has 14 heavy (non-hydrogen) atoms. The van der Waals surface area contributed by atoms with Gasteiger partial charge in [0, 0.05) is 13.1 Å². The molecule has 0 saturated heterocycles. The van der Waals surface area contributed by atoms with E-state index in [1.807, 2.05) is 20.8 Å². The molecule has 0 aliphatic rings. The lowest BCUT2D eigenvalue weighted by molar-refractivity contribution is -0.137. The molecule has 1 unspecified atom stereocenters. The summed E-state index contributed by atoms with van der Waals surface area (Å²) in [6.45, 7) is 5.58. The number of nitrogens with zero attached hydrogens (tertiary/aromatic N) is 1. The van der Waals surface area contributed by atoms with Gasteiger partial charge in [0.05, 0.1) is 0 Å². The van der Waals surface area contributed by atoms with Gasteiger partial charge in [0.25, 0.3) is 0 Å². The van der Waals surface area contributed by atoms with E-state index in [4.69, 9.17) is 5.11 Å². The van der Waals surface area contributed by atoms with E-state index in [1.165, 1.54) is 7.05 Å². The summed E-state index contributed by atoms with van der Waals surface area (Å²) in [6.07, 6.45) is 0. The van der Waals surface area contributed by atoms with E-state index < -0.39 is 5.97 Å². The van der Waals surface area contributed by atoms with Crippen molar-refractivity contribution in [3.8, 4) is 0 Å². The summed E-state index contributed by atoms with van der Waals surface area (Å²) in [7, 11) is 1.45. The number of hydrogen-bond donors (Lipinski definition) is 2. The number of nitrogens with one attached hydrogen (secondary N) is 1. The second-order valence-corrected chi connectivity index (χ2v) is 3.73. The number of carboxylic acids is 1. The van der Waals surface area contributed by atoms with Crippen LogP contribution in [0.1, 0.15) is 20.8 Å². The number of carbonyl (C=O) groups is 2. The Kier molecular flexibility index (Phi) is 4.97. The van der Waals surface area contributed by atoms with Crippen molar-refractivity contribution in [2.75, 3.05) is 13.6 Å². The molecule has 0 spiro atoms. The number of hydrogen-bond acceptors (Lipinski definition) is 2. The Morgan fingerprint density at radius 2 is 1.86 bits per heavy atom. The van der Waals surface area contributed by atoms with E-state index in [0.717, 1.165) is 4.90 Å². The highest BCUT2D eigenvalue weighted by molar-refractivity contribution is 5.79. The molecule has 5 nitrogen and oxygen atoms in total. The van der Waals surface area contributed by atoms with Crippen LogP contribution in [0.5, 0.6) is 0 Å². The van der Waals surface area contributed by atoms with Gasteiger partial charge < -0.3 is 15.3 Å². The fourth-order valence-corrected chi connectivity index (χ4v) is 0.746. The van der Waals surface area contributed by atoms with Crippen LogP contribution in [0.15, 0.2) is 0 Å². The maximum Gasteiger partial charge on any atom is 0.323 e. The van der Waals surface area contributed by atoms with E-state index in [-0.39, 0.29) is 18.6 Å². The maximum absolute atomic E-state index is 11.3. The zero-order valence-electron chi connectivity index (χ0n) is 9.07. The van der Waals surface area contributed by atoms with E-state index >= 15 is 0 Å². The van der Waals surface area contributed by atoms with Crippen LogP contribution in [0.4, 0.5) is 4.79 Å². The fraction of sp³-hybridized carbons (Fsp3) is 0.778. The van der Waals surface area contributed by atoms with Crippen molar-refractivity contribution in [1.29, 1.82) is 0 Å². The Morgan fingerprint density at radius 1 is 1.36 bits per heavy atom. The molecule has 0 aromatic rings. The molecule has 0 aromatic carbocycles. The van der Waals surface area contributed by atoms with Crippen molar-refractivity contribution in [2.24, 2.45) is 5.92 Å². The minimum Gasteiger partial charge on any atom is -0.480 e. The number of rotatable bonds is 4. The second kappa shape index (κ2) is 5.47. The van der Waals surface area contributed by atoms with Gasteiger partial charge in [0.1, 0.15) is 6.54 Å². The normalized spacial score (nSPS) is 12.4. The summed E-state index contributed by atoms with van der Waals surface area (Å²) in [5.41, 5.74) is 0. The summed E-state index contributed by atoms with van der Waals surface area (Å²) in [5, 5.41) is 11.2. The molecule has 2 N–H and O–H groups in total. The van der Waals surface area contributed by atoms with Gasteiger partial charge >= 0.3 is 12.0 Å². The quantitative estimate of drug-likeness (QED) is 0.707. The molecule has 0 saturated carbocycles. The fourth-order valence-electron chi connectivity index (χ4n) is 0.746. The first-order valence-electron chi connectivity index (χ1n) is 4.58. The summed E-state index contributed by atoms with van der Waals surface area (Å²) in [4.78, 5) is 22.8. The molecular weight excluding hydrogens is 184 g/mol. The highest BCUT2D eigenvalue weighted by Gasteiger charge is 2.15. The predicted molar refractivity (Wildman–Crippen MR) is 53.1 cm³/mol.